The molecule has 3 rings (SSSR count). The highest BCUT2D eigenvalue weighted by atomic mass is 16.6. The van der Waals surface area contributed by atoms with E-state index in [9.17, 15) is 14.7 Å². The van der Waals surface area contributed by atoms with E-state index in [1.54, 1.807) is 21.7 Å². The first kappa shape index (κ1) is 29.3. The van der Waals surface area contributed by atoms with Crippen LogP contribution in [0.5, 0.6) is 0 Å². The second kappa shape index (κ2) is 14.6. The van der Waals surface area contributed by atoms with Crippen LogP contribution in [-0.4, -0.2) is 84.3 Å². The lowest BCUT2D eigenvalue weighted by atomic mass is 9.80. The number of carboxylic acids is 1. The molecule has 0 spiro atoms. The summed E-state index contributed by atoms with van der Waals surface area (Å²) in [5, 5.41) is 18.2. The molecule has 0 saturated carbocycles. The van der Waals surface area contributed by atoms with Gasteiger partial charge in [0.1, 0.15) is 12.3 Å². The molecule has 1 aliphatic rings. The molecular formula is C27H36N4O7. The summed E-state index contributed by atoms with van der Waals surface area (Å²) in [4.78, 5) is 26.0. The third-order valence-electron chi connectivity index (χ3n) is 6.44. The van der Waals surface area contributed by atoms with Crippen LogP contribution in [0, 0.1) is 18.3 Å². The van der Waals surface area contributed by atoms with Gasteiger partial charge in [-0.1, -0.05) is 25.0 Å². The van der Waals surface area contributed by atoms with Crippen molar-refractivity contribution < 1.29 is 33.6 Å². The van der Waals surface area contributed by atoms with Gasteiger partial charge in [0.25, 0.3) is 0 Å². The number of hydrogen-bond acceptors (Lipinski definition) is 8. The van der Waals surface area contributed by atoms with Gasteiger partial charge in [0, 0.05) is 30.1 Å². The van der Waals surface area contributed by atoms with Gasteiger partial charge in [0.15, 0.2) is 0 Å². The molecule has 0 aliphatic carbocycles. The van der Waals surface area contributed by atoms with Crippen LogP contribution in [0.15, 0.2) is 24.4 Å². The Labute approximate surface area is 223 Å². The fourth-order valence-corrected chi connectivity index (χ4v) is 4.77. The van der Waals surface area contributed by atoms with Crippen molar-refractivity contribution >= 4 is 17.6 Å². The summed E-state index contributed by atoms with van der Waals surface area (Å²) in [6.45, 7) is 8.77. The Morgan fingerprint density at radius 2 is 1.74 bits per heavy atom. The SMILES string of the molecule is C#CCOCCOCCOCCOCc1cn(C2c3cc(C(=O)O)ccc3N(C(C)=O)C(CC)C2C)nn1. The van der Waals surface area contributed by atoms with Crippen LogP contribution < -0.4 is 4.90 Å². The first-order chi connectivity index (χ1) is 18.4. The van der Waals surface area contributed by atoms with Crippen molar-refractivity contribution in [2.45, 2.75) is 45.9 Å². The lowest BCUT2D eigenvalue weighted by molar-refractivity contribution is -0.117. The molecule has 2 aromatic rings. The number of aromatic nitrogens is 3. The third-order valence-corrected chi connectivity index (χ3v) is 6.44. The Hall–Kier alpha value is -3.30. The minimum absolute atomic E-state index is 0.0320. The molecule has 1 aromatic heterocycles. The number of ether oxygens (including phenoxy) is 4. The molecule has 2 heterocycles. The monoisotopic (exact) mass is 528 g/mol. The molecule has 1 aromatic carbocycles. The zero-order valence-corrected chi connectivity index (χ0v) is 22.2. The molecule has 11 heteroatoms. The summed E-state index contributed by atoms with van der Waals surface area (Å²) in [5.41, 5.74) is 2.23. The van der Waals surface area contributed by atoms with Gasteiger partial charge in [0.2, 0.25) is 5.91 Å². The lowest BCUT2D eigenvalue weighted by Gasteiger charge is -2.44. The van der Waals surface area contributed by atoms with E-state index in [-0.39, 0.29) is 42.7 Å². The number of amides is 1. The van der Waals surface area contributed by atoms with Crippen LogP contribution in [0.2, 0.25) is 0 Å². The van der Waals surface area contributed by atoms with E-state index < -0.39 is 5.97 Å². The molecule has 0 fully saturated rings. The molecule has 206 valence electrons. The normalized spacial score (nSPS) is 18.7. The Bertz CT molecular complexity index is 1110. The maximum atomic E-state index is 12.6. The summed E-state index contributed by atoms with van der Waals surface area (Å²) >= 11 is 0. The molecule has 1 amide bonds. The van der Waals surface area contributed by atoms with E-state index in [0.717, 1.165) is 12.0 Å². The van der Waals surface area contributed by atoms with Crippen molar-refractivity contribution in [2.24, 2.45) is 5.92 Å². The van der Waals surface area contributed by atoms with Gasteiger partial charge >= 0.3 is 5.97 Å². The molecule has 0 radical (unpaired) electrons. The molecular weight excluding hydrogens is 492 g/mol. The first-order valence-corrected chi connectivity index (χ1v) is 12.7. The van der Waals surface area contributed by atoms with Crippen LogP contribution in [0.3, 0.4) is 0 Å². The van der Waals surface area contributed by atoms with Crippen molar-refractivity contribution in [1.29, 1.82) is 0 Å². The maximum Gasteiger partial charge on any atom is 0.335 e. The van der Waals surface area contributed by atoms with Gasteiger partial charge in [-0.05, 0) is 24.6 Å². The van der Waals surface area contributed by atoms with Crippen LogP contribution in [0.25, 0.3) is 0 Å². The largest absolute Gasteiger partial charge is 0.478 e. The average Bonchev–Trinajstić information content (AvgIpc) is 3.36. The Kier molecular flexibility index (Phi) is 11.2. The molecule has 3 atom stereocenters. The fourth-order valence-electron chi connectivity index (χ4n) is 4.77. The van der Waals surface area contributed by atoms with Gasteiger partial charge < -0.3 is 29.0 Å². The summed E-state index contributed by atoms with van der Waals surface area (Å²) in [6, 6.07) is 4.51. The highest BCUT2D eigenvalue weighted by molar-refractivity contribution is 5.95. The number of carbonyl (C=O) groups is 2. The Morgan fingerprint density at radius 3 is 2.34 bits per heavy atom. The highest BCUT2D eigenvalue weighted by Crippen LogP contribution is 2.44. The quantitative estimate of drug-likeness (QED) is 0.274. The topological polar surface area (TPSA) is 125 Å². The number of fused-ring (bicyclic) bond motifs is 1. The van der Waals surface area contributed by atoms with Crippen LogP contribution in [0.4, 0.5) is 5.69 Å². The van der Waals surface area contributed by atoms with Crippen molar-refractivity contribution in [1.82, 2.24) is 15.0 Å². The third kappa shape index (κ3) is 7.39. The number of aromatic carboxylic acids is 1. The number of carbonyl (C=O) groups excluding carboxylic acids is 1. The Morgan fingerprint density at radius 1 is 1.08 bits per heavy atom. The van der Waals surface area contributed by atoms with E-state index in [1.165, 1.54) is 13.0 Å². The number of carboxylic acid groups (broad SMARTS) is 1. The van der Waals surface area contributed by atoms with E-state index >= 15 is 0 Å². The van der Waals surface area contributed by atoms with Crippen molar-refractivity contribution in [2.75, 3.05) is 51.1 Å². The zero-order chi connectivity index (χ0) is 27.5. The minimum atomic E-state index is -1.03. The summed E-state index contributed by atoms with van der Waals surface area (Å²) in [7, 11) is 0. The van der Waals surface area contributed by atoms with E-state index in [4.69, 9.17) is 25.4 Å². The molecule has 0 saturated heterocycles. The smallest absolute Gasteiger partial charge is 0.335 e. The van der Waals surface area contributed by atoms with Crippen LogP contribution >= 0.6 is 0 Å². The Balaban J connectivity index is 1.58. The van der Waals surface area contributed by atoms with Gasteiger partial charge in [-0.3, -0.25) is 4.79 Å². The van der Waals surface area contributed by atoms with Gasteiger partial charge in [0.05, 0.1) is 64.1 Å². The second-order valence-corrected chi connectivity index (χ2v) is 8.97. The molecule has 1 N–H and O–H groups in total. The summed E-state index contributed by atoms with van der Waals surface area (Å²) < 4.78 is 23.4. The number of benzene rings is 1. The van der Waals surface area contributed by atoms with Crippen LogP contribution in [0.1, 0.15) is 54.8 Å². The first-order valence-electron chi connectivity index (χ1n) is 12.7. The lowest BCUT2D eigenvalue weighted by Crippen LogP contribution is -2.49. The van der Waals surface area contributed by atoms with Gasteiger partial charge in [-0.2, -0.15) is 0 Å². The van der Waals surface area contributed by atoms with E-state index in [0.29, 0.717) is 51.0 Å². The van der Waals surface area contributed by atoms with Crippen molar-refractivity contribution in [3.05, 3.63) is 41.2 Å². The maximum absolute atomic E-state index is 12.6. The van der Waals surface area contributed by atoms with E-state index in [1.807, 2.05) is 13.1 Å². The number of hydrogen-bond donors (Lipinski definition) is 1. The highest BCUT2D eigenvalue weighted by Gasteiger charge is 2.41. The molecule has 38 heavy (non-hydrogen) atoms. The standard InChI is InChI=1S/C27H36N4O7/c1-5-9-35-10-11-36-12-13-37-14-15-38-18-22-17-30(29-28-22)26-19(3)24(6-2)31(20(4)32)25-8-7-21(27(33)34)16-23(25)26/h1,7-8,16-17,19,24,26H,6,9-15,18H2,2-4H3,(H,33,34). The summed E-state index contributed by atoms with van der Waals surface area (Å²) in [6.07, 6.45) is 7.65. The van der Waals surface area contributed by atoms with Gasteiger partial charge in [-0.25, -0.2) is 9.48 Å². The second-order valence-electron chi connectivity index (χ2n) is 8.97. The zero-order valence-electron chi connectivity index (χ0n) is 22.2. The van der Waals surface area contributed by atoms with Crippen LogP contribution in [-0.2, 0) is 30.3 Å². The number of rotatable bonds is 15. The van der Waals surface area contributed by atoms with E-state index in [2.05, 4.69) is 23.2 Å². The molecule has 3 unspecified atom stereocenters. The average molecular weight is 529 g/mol. The molecule has 11 nitrogen and oxygen atoms in total. The predicted molar refractivity (Wildman–Crippen MR) is 139 cm³/mol. The number of terminal acetylenes is 1. The minimum Gasteiger partial charge on any atom is -0.478 e. The fraction of sp³-hybridized carbons (Fsp3) is 0.556. The van der Waals surface area contributed by atoms with Crippen molar-refractivity contribution in [3.8, 4) is 12.3 Å². The number of nitrogens with zero attached hydrogens (tertiary/aromatic N) is 4. The summed E-state index contributed by atoms with van der Waals surface area (Å²) in [5.74, 6) is 1.25. The molecule has 0 bridgehead atoms. The predicted octanol–water partition coefficient (Wildman–Crippen LogP) is 2.55. The number of anilines is 1. The van der Waals surface area contributed by atoms with Crippen molar-refractivity contribution in [3.63, 3.8) is 0 Å². The molecule has 1 aliphatic heterocycles. The van der Waals surface area contributed by atoms with Gasteiger partial charge in [-0.15, -0.1) is 11.5 Å².